The van der Waals surface area contributed by atoms with Gasteiger partial charge in [-0.15, -0.1) is 0 Å². The number of rotatable bonds is 18. The molecule has 1 amide bonds. The fraction of sp³-hybridized carbons (Fsp3) is 0.341. The molecule has 0 spiro atoms. The molecule has 1 aliphatic carbocycles. The summed E-state index contributed by atoms with van der Waals surface area (Å²) in [7, 11) is -13.1. The fourth-order valence-corrected chi connectivity index (χ4v) is 9.00. The van der Waals surface area contributed by atoms with E-state index in [1.807, 2.05) is 81.2 Å². The summed E-state index contributed by atoms with van der Waals surface area (Å²) in [4.78, 5) is 12.3. The lowest BCUT2D eigenvalue weighted by molar-refractivity contribution is -0.109. The van der Waals surface area contributed by atoms with Gasteiger partial charge in [-0.3, -0.25) is 18.5 Å². The molecule has 0 radical (unpaired) electrons. The van der Waals surface area contributed by atoms with Gasteiger partial charge in [0, 0.05) is 35.3 Å². The SMILES string of the molecule is C=C(/C=C/C1=C(Oc2ccc(CCNC=O)cc2)C(=C/C=C2/N(CCCCS(=O)(=O)O)c3ccc(S(=O)(=O)O)cc3C2(C)C)/CCC1)C(C)(C)c1cccc(S(=O)(=O)O)c1. The van der Waals surface area contributed by atoms with Crippen LogP contribution in [0, 0.1) is 0 Å². The number of nitrogens with zero attached hydrogens (tertiary/aromatic N) is 1. The van der Waals surface area contributed by atoms with E-state index >= 15 is 0 Å². The predicted octanol–water partition coefficient (Wildman–Crippen LogP) is 7.65. The van der Waals surface area contributed by atoms with Gasteiger partial charge >= 0.3 is 0 Å². The average Bonchev–Trinajstić information content (AvgIpc) is 3.39. The maximum Gasteiger partial charge on any atom is 0.294 e. The molecule has 2 aliphatic rings. The number of ether oxygens (including phenoxy) is 1. The van der Waals surface area contributed by atoms with Crippen LogP contribution in [-0.4, -0.2) is 64.2 Å². The summed E-state index contributed by atoms with van der Waals surface area (Å²) in [5.74, 6) is 0.794. The molecule has 0 bridgehead atoms. The Morgan fingerprint density at radius 3 is 2.23 bits per heavy atom. The van der Waals surface area contributed by atoms with Crippen LogP contribution in [0.3, 0.4) is 0 Å². The van der Waals surface area contributed by atoms with Crippen molar-refractivity contribution in [3.8, 4) is 5.75 Å². The van der Waals surface area contributed by atoms with Gasteiger partial charge < -0.3 is 15.0 Å². The van der Waals surface area contributed by atoms with E-state index in [-0.39, 0.29) is 16.2 Å². The molecule has 1 aliphatic heterocycles. The van der Waals surface area contributed by atoms with Gasteiger partial charge in [0.15, 0.2) is 0 Å². The van der Waals surface area contributed by atoms with Gasteiger partial charge in [0.1, 0.15) is 11.5 Å². The highest BCUT2D eigenvalue weighted by atomic mass is 32.2. The molecule has 0 saturated carbocycles. The minimum absolute atomic E-state index is 0.194. The number of hydrogen-bond acceptors (Lipinski definition) is 9. The van der Waals surface area contributed by atoms with Crippen LogP contribution >= 0.6 is 0 Å². The highest BCUT2D eigenvalue weighted by Gasteiger charge is 2.40. The van der Waals surface area contributed by atoms with E-state index in [0.29, 0.717) is 79.1 Å². The molecule has 0 aromatic heterocycles. The van der Waals surface area contributed by atoms with Crippen molar-refractivity contribution >= 4 is 42.5 Å². The molecule has 4 N–H and O–H groups in total. The summed E-state index contributed by atoms with van der Waals surface area (Å²) >= 11 is 0. The topological polar surface area (TPSA) is 205 Å². The molecule has 0 atom stereocenters. The molecule has 5 rings (SSSR count). The number of benzene rings is 3. The van der Waals surface area contributed by atoms with Gasteiger partial charge in [0.25, 0.3) is 30.4 Å². The zero-order valence-electron chi connectivity index (χ0n) is 34.1. The van der Waals surface area contributed by atoms with Crippen LogP contribution in [0.25, 0.3) is 0 Å². The van der Waals surface area contributed by atoms with Crippen LogP contribution in [0.1, 0.15) is 76.5 Å². The third-order valence-electron chi connectivity index (χ3n) is 11.0. The normalized spacial score (nSPS) is 17.4. The third-order valence-corrected chi connectivity index (χ3v) is 13.5. The summed E-state index contributed by atoms with van der Waals surface area (Å²) in [6.45, 7) is 12.9. The first kappa shape index (κ1) is 46.2. The van der Waals surface area contributed by atoms with E-state index in [2.05, 4.69) is 11.9 Å². The molecule has 13 nitrogen and oxygen atoms in total. The Balaban J connectivity index is 1.58. The second-order valence-corrected chi connectivity index (χ2v) is 20.3. The molecular weight excluding hydrogens is 829 g/mol. The van der Waals surface area contributed by atoms with Crippen LogP contribution in [0.15, 0.2) is 136 Å². The third kappa shape index (κ3) is 11.3. The zero-order valence-corrected chi connectivity index (χ0v) is 36.5. The van der Waals surface area contributed by atoms with Crippen LogP contribution in [0.5, 0.6) is 5.75 Å². The molecule has 60 heavy (non-hydrogen) atoms. The Bertz CT molecular complexity index is 2590. The summed E-state index contributed by atoms with van der Waals surface area (Å²) in [6.07, 6.45) is 11.7. The van der Waals surface area contributed by atoms with Crippen LogP contribution in [-0.2, 0) is 52.4 Å². The molecular formula is C44H52N2O11S3. The van der Waals surface area contributed by atoms with Gasteiger partial charge in [-0.05, 0) is 120 Å². The molecule has 3 aromatic rings. The summed E-state index contributed by atoms with van der Waals surface area (Å²) in [5.41, 5.74) is 4.73. The highest BCUT2D eigenvalue weighted by Crippen LogP contribution is 2.49. The first-order valence-electron chi connectivity index (χ1n) is 19.4. The van der Waals surface area contributed by atoms with E-state index in [9.17, 15) is 43.7 Å². The first-order chi connectivity index (χ1) is 28.0. The number of fused-ring (bicyclic) bond motifs is 1. The van der Waals surface area contributed by atoms with Gasteiger partial charge in [-0.25, -0.2) is 0 Å². The lowest BCUT2D eigenvalue weighted by Crippen LogP contribution is -2.27. The number of allylic oxidation sites excluding steroid dienone is 8. The number of anilines is 1. The second kappa shape index (κ2) is 18.4. The van der Waals surface area contributed by atoms with Gasteiger partial charge in [-0.1, -0.05) is 76.8 Å². The van der Waals surface area contributed by atoms with Crippen molar-refractivity contribution < 1.29 is 48.4 Å². The average molecular weight is 881 g/mol. The number of carbonyl (C=O) groups excluding carboxylic acids is 1. The summed E-state index contributed by atoms with van der Waals surface area (Å²) in [5, 5.41) is 2.66. The number of hydrogen-bond donors (Lipinski definition) is 4. The predicted molar refractivity (Wildman–Crippen MR) is 232 cm³/mol. The monoisotopic (exact) mass is 880 g/mol. The van der Waals surface area contributed by atoms with E-state index in [1.54, 1.807) is 18.2 Å². The molecule has 16 heteroatoms. The zero-order chi connectivity index (χ0) is 44.1. The van der Waals surface area contributed by atoms with Gasteiger partial charge in [0.2, 0.25) is 6.41 Å². The molecule has 0 fully saturated rings. The van der Waals surface area contributed by atoms with E-state index in [4.69, 9.17) is 4.74 Å². The van der Waals surface area contributed by atoms with E-state index < -0.39 is 46.9 Å². The quantitative estimate of drug-likeness (QED) is 0.0421. The highest BCUT2D eigenvalue weighted by molar-refractivity contribution is 7.86. The maximum atomic E-state index is 12.2. The largest absolute Gasteiger partial charge is 0.457 e. The standard InChI is InChI=1S/C44H52N2O11S3/c1-31(43(2,3)35-12-9-13-37(28-35)59(51,52)53)14-17-33-10-8-11-34(42(33)57-36-19-15-32(16-20-36)24-25-45-30-47)18-23-41-44(4,5)39-29-38(60(54,55)56)21-22-40(39)46(41)26-6-7-27-58(48,49)50/h9,12-23,28-30H,1,6-8,10-11,24-27H2,2-5H3,(H,45,47)(H,48,49,50)(H,51,52,53)(H,54,55,56)/b17-14+,34-18+,41-23+. The minimum atomic E-state index is -4.50. The lowest BCUT2D eigenvalue weighted by atomic mass is 9.78. The fourth-order valence-electron chi connectivity index (χ4n) is 7.40. The maximum absolute atomic E-state index is 12.2. The van der Waals surface area contributed by atoms with Gasteiger partial charge in [0.05, 0.1) is 15.5 Å². The Kier molecular flexibility index (Phi) is 14.2. The van der Waals surface area contributed by atoms with Gasteiger partial charge in [-0.2, -0.15) is 25.3 Å². The molecule has 1 heterocycles. The number of unbranched alkanes of at least 4 members (excludes halogenated alkanes) is 1. The van der Waals surface area contributed by atoms with Crippen molar-refractivity contribution in [1.29, 1.82) is 0 Å². The molecule has 0 unspecified atom stereocenters. The van der Waals surface area contributed by atoms with Crippen molar-refractivity contribution in [2.45, 2.75) is 86.8 Å². The van der Waals surface area contributed by atoms with Crippen LogP contribution in [0.2, 0.25) is 0 Å². The van der Waals surface area contributed by atoms with Crippen molar-refractivity contribution in [2.75, 3.05) is 23.7 Å². The molecule has 322 valence electrons. The molecule has 3 aromatic carbocycles. The Morgan fingerprint density at radius 2 is 1.58 bits per heavy atom. The van der Waals surface area contributed by atoms with E-state index in [1.165, 1.54) is 24.3 Å². The van der Waals surface area contributed by atoms with Crippen molar-refractivity contribution in [3.63, 3.8) is 0 Å². The smallest absolute Gasteiger partial charge is 0.294 e. The number of nitrogens with one attached hydrogen (secondary N) is 1. The Hall–Kier alpha value is -4.84. The minimum Gasteiger partial charge on any atom is -0.457 e. The molecule has 0 saturated heterocycles. The lowest BCUT2D eigenvalue weighted by Gasteiger charge is -2.28. The van der Waals surface area contributed by atoms with Crippen molar-refractivity contribution in [3.05, 3.63) is 142 Å². The number of amides is 1. The van der Waals surface area contributed by atoms with Crippen LogP contribution < -0.4 is 15.0 Å². The Labute approximate surface area is 353 Å². The van der Waals surface area contributed by atoms with Crippen LogP contribution in [0.4, 0.5) is 5.69 Å². The first-order valence-corrected chi connectivity index (χ1v) is 23.9. The second-order valence-electron chi connectivity index (χ2n) is 15.9. The number of carbonyl (C=O) groups is 1. The van der Waals surface area contributed by atoms with Crippen molar-refractivity contribution in [2.24, 2.45) is 0 Å². The van der Waals surface area contributed by atoms with E-state index in [0.717, 1.165) is 28.8 Å². The summed E-state index contributed by atoms with van der Waals surface area (Å²) < 4.78 is 107. The van der Waals surface area contributed by atoms with Crippen molar-refractivity contribution in [1.82, 2.24) is 5.32 Å². The Morgan fingerprint density at radius 1 is 0.900 bits per heavy atom. The summed E-state index contributed by atoms with van der Waals surface area (Å²) in [6, 6.07) is 18.1.